The van der Waals surface area contributed by atoms with E-state index < -0.39 is 0 Å². The monoisotopic (exact) mass is 741 g/mol. The molecule has 0 atom stereocenters. The highest BCUT2D eigenvalue weighted by Gasteiger charge is 2.36. The molecule has 1 nitrogen and oxygen atoms in total. The van der Waals surface area contributed by atoms with Crippen LogP contribution in [0, 0.1) is 0 Å². The Bertz CT molecular complexity index is 2890. The molecular weight excluding hydrogens is 699 g/mol. The van der Waals surface area contributed by atoms with Crippen molar-refractivity contribution in [3.63, 3.8) is 0 Å². The van der Waals surface area contributed by atoms with E-state index >= 15 is 0 Å². The molecule has 10 rings (SSSR count). The van der Waals surface area contributed by atoms with Crippen LogP contribution in [-0.2, 0) is 5.41 Å². The number of benzene rings is 9. The van der Waals surface area contributed by atoms with Gasteiger partial charge in [0, 0.05) is 22.4 Å². The molecule has 1 aliphatic rings. The maximum absolute atomic E-state index is 2.47. The van der Waals surface area contributed by atoms with E-state index in [1.54, 1.807) is 0 Å². The van der Waals surface area contributed by atoms with Crippen LogP contribution in [0.2, 0.25) is 0 Å². The predicted octanol–water partition coefficient (Wildman–Crippen LogP) is 15.8. The van der Waals surface area contributed by atoms with Crippen molar-refractivity contribution in [1.29, 1.82) is 0 Å². The molecule has 58 heavy (non-hydrogen) atoms. The van der Waals surface area contributed by atoms with Crippen LogP contribution < -0.4 is 4.90 Å². The molecule has 9 aromatic carbocycles. The lowest BCUT2D eigenvalue weighted by Gasteiger charge is -2.31. The molecule has 0 N–H and O–H groups in total. The molecule has 0 unspecified atom stereocenters. The zero-order valence-electron chi connectivity index (χ0n) is 32.8. The van der Waals surface area contributed by atoms with Crippen molar-refractivity contribution in [3.8, 4) is 66.8 Å². The number of rotatable bonds is 8. The molecule has 0 fully saturated rings. The van der Waals surface area contributed by atoms with E-state index in [0.29, 0.717) is 0 Å². The van der Waals surface area contributed by atoms with Gasteiger partial charge in [-0.1, -0.05) is 202 Å². The third-order valence-electron chi connectivity index (χ3n) is 11.9. The van der Waals surface area contributed by atoms with Crippen LogP contribution in [0.1, 0.15) is 25.0 Å². The molecule has 0 bridgehead atoms. The summed E-state index contributed by atoms with van der Waals surface area (Å²) in [6.07, 6.45) is 0. The van der Waals surface area contributed by atoms with E-state index in [2.05, 4.69) is 243 Å². The molecule has 0 aliphatic heterocycles. The fraction of sp³-hybridized carbons (Fsp3) is 0.0526. The van der Waals surface area contributed by atoms with E-state index in [4.69, 9.17) is 0 Å². The van der Waals surface area contributed by atoms with Gasteiger partial charge in [-0.15, -0.1) is 0 Å². The zero-order chi connectivity index (χ0) is 39.1. The van der Waals surface area contributed by atoms with Gasteiger partial charge in [0.2, 0.25) is 0 Å². The van der Waals surface area contributed by atoms with Crippen LogP contribution in [0.5, 0.6) is 0 Å². The molecule has 0 saturated heterocycles. The normalized spacial score (nSPS) is 12.4. The first-order valence-electron chi connectivity index (χ1n) is 20.2. The molecule has 0 amide bonds. The van der Waals surface area contributed by atoms with Crippen molar-refractivity contribution >= 4 is 17.1 Å². The summed E-state index contributed by atoms with van der Waals surface area (Å²) in [4.78, 5) is 2.47. The highest BCUT2D eigenvalue weighted by atomic mass is 15.1. The van der Waals surface area contributed by atoms with Crippen molar-refractivity contribution in [2.24, 2.45) is 0 Å². The Morgan fingerprint density at radius 2 is 0.759 bits per heavy atom. The molecule has 276 valence electrons. The maximum Gasteiger partial charge on any atom is 0.0546 e. The minimum atomic E-state index is -0.0851. The van der Waals surface area contributed by atoms with Crippen molar-refractivity contribution < 1.29 is 0 Å². The van der Waals surface area contributed by atoms with Gasteiger partial charge in [-0.3, -0.25) is 0 Å². The SMILES string of the molecule is CC1(C)c2ccccc2-c2cc(N(c3ccc(-c4cccc(-c5ccccc5)c4)cc3)c3cccc(-c4ccccc4)c3-c3ccccc3-c3ccccc3)ccc21. The fourth-order valence-electron chi connectivity index (χ4n) is 9.02. The summed E-state index contributed by atoms with van der Waals surface area (Å²) in [5.41, 5.74) is 20.5. The highest BCUT2D eigenvalue weighted by Crippen LogP contribution is 2.52. The molecule has 9 aromatic rings. The summed E-state index contributed by atoms with van der Waals surface area (Å²) in [7, 11) is 0. The summed E-state index contributed by atoms with van der Waals surface area (Å²) in [6.45, 7) is 4.70. The number of fused-ring (bicyclic) bond motifs is 3. The molecule has 0 spiro atoms. The molecular formula is C57H43N. The van der Waals surface area contributed by atoms with Gasteiger partial charge in [0.05, 0.1) is 5.69 Å². The minimum Gasteiger partial charge on any atom is -0.310 e. The van der Waals surface area contributed by atoms with Crippen LogP contribution in [0.4, 0.5) is 17.1 Å². The van der Waals surface area contributed by atoms with Crippen LogP contribution >= 0.6 is 0 Å². The van der Waals surface area contributed by atoms with E-state index in [1.807, 2.05) is 0 Å². The number of anilines is 3. The first kappa shape index (κ1) is 35.2. The average Bonchev–Trinajstić information content (AvgIpc) is 3.53. The highest BCUT2D eigenvalue weighted by molar-refractivity contribution is 6.01. The van der Waals surface area contributed by atoms with Crippen LogP contribution in [0.15, 0.2) is 224 Å². The lowest BCUT2D eigenvalue weighted by molar-refractivity contribution is 0.660. The topological polar surface area (TPSA) is 3.24 Å². The Balaban J connectivity index is 1.20. The van der Waals surface area contributed by atoms with E-state index in [9.17, 15) is 0 Å². The van der Waals surface area contributed by atoms with Gasteiger partial charge in [-0.2, -0.15) is 0 Å². The minimum absolute atomic E-state index is 0.0851. The summed E-state index contributed by atoms with van der Waals surface area (Å²) < 4.78 is 0. The number of hydrogen-bond acceptors (Lipinski definition) is 1. The van der Waals surface area contributed by atoms with Crippen molar-refractivity contribution in [1.82, 2.24) is 0 Å². The van der Waals surface area contributed by atoms with Gasteiger partial charge in [0.25, 0.3) is 0 Å². The first-order chi connectivity index (χ1) is 28.5. The van der Waals surface area contributed by atoms with E-state index in [1.165, 1.54) is 77.9 Å². The molecule has 0 aromatic heterocycles. The van der Waals surface area contributed by atoms with Crippen LogP contribution in [0.3, 0.4) is 0 Å². The summed E-state index contributed by atoms with van der Waals surface area (Å²) in [5.74, 6) is 0. The molecule has 0 radical (unpaired) electrons. The van der Waals surface area contributed by atoms with Crippen molar-refractivity contribution in [2.45, 2.75) is 19.3 Å². The van der Waals surface area contributed by atoms with Crippen LogP contribution in [-0.4, -0.2) is 0 Å². The lowest BCUT2D eigenvalue weighted by atomic mass is 9.82. The standard InChI is InChI=1S/C57H43N/c1-57(2)53-30-15-14-27-50(53)52-39-47(36-37-54(52)57)58(46-34-32-41(33-35-46)45-25-16-24-44(38-45)40-18-6-3-7-19-40)55-31-17-29-49(43-22-10-5-11-23-43)56(55)51-28-13-12-26-48(51)42-20-8-4-9-21-42/h3-39H,1-2H3. The van der Waals surface area contributed by atoms with Gasteiger partial charge >= 0.3 is 0 Å². The third kappa shape index (κ3) is 6.22. The maximum atomic E-state index is 2.47. The largest absolute Gasteiger partial charge is 0.310 e. The van der Waals surface area contributed by atoms with E-state index in [0.717, 1.165) is 17.1 Å². The Hall–Kier alpha value is -7.22. The second-order valence-corrected chi connectivity index (χ2v) is 15.7. The van der Waals surface area contributed by atoms with Gasteiger partial charge in [0.15, 0.2) is 0 Å². The zero-order valence-corrected chi connectivity index (χ0v) is 32.8. The van der Waals surface area contributed by atoms with Gasteiger partial charge < -0.3 is 4.90 Å². The third-order valence-corrected chi connectivity index (χ3v) is 11.9. The summed E-state index contributed by atoms with van der Waals surface area (Å²) in [6, 6.07) is 81.9. The second-order valence-electron chi connectivity index (χ2n) is 15.7. The summed E-state index contributed by atoms with van der Waals surface area (Å²) >= 11 is 0. The summed E-state index contributed by atoms with van der Waals surface area (Å²) in [5, 5.41) is 0. The Labute approximate surface area is 342 Å². The Morgan fingerprint density at radius 1 is 0.293 bits per heavy atom. The second kappa shape index (κ2) is 14.7. The quantitative estimate of drug-likeness (QED) is 0.150. The van der Waals surface area contributed by atoms with Gasteiger partial charge in [-0.05, 0) is 109 Å². The Morgan fingerprint density at radius 3 is 1.43 bits per heavy atom. The Kier molecular flexibility index (Phi) is 8.92. The molecule has 0 saturated carbocycles. The van der Waals surface area contributed by atoms with Crippen molar-refractivity contribution in [3.05, 3.63) is 236 Å². The van der Waals surface area contributed by atoms with Crippen molar-refractivity contribution in [2.75, 3.05) is 4.90 Å². The van der Waals surface area contributed by atoms with Gasteiger partial charge in [-0.25, -0.2) is 0 Å². The number of hydrogen-bond donors (Lipinski definition) is 0. The number of nitrogens with zero attached hydrogens (tertiary/aromatic N) is 1. The predicted molar refractivity (Wildman–Crippen MR) is 246 cm³/mol. The van der Waals surface area contributed by atoms with Gasteiger partial charge in [0.1, 0.15) is 0 Å². The fourth-order valence-corrected chi connectivity index (χ4v) is 9.02. The molecule has 1 heteroatoms. The molecule has 0 heterocycles. The average molecular weight is 742 g/mol. The lowest BCUT2D eigenvalue weighted by Crippen LogP contribution is -2.15. The van der Waals surface area contributed by atoms with Crippen LogP contribution in [0.25, 0.3) is 66.8 Å². The molecule has 1 aliphatic carbocycles. The first-order valence-corrected chi connectivity index (χ1v) is 20.2. The smallest absolute Gasteiger partial charge is 0.0546 e. The van der Waals surface area contributed by atoms with E-state index in [-0.39, 0.29) is 5.41 Å².